The van der Waals surface area contributed by atoms with E-state index >= 15 is 0 Å². The van der Waals surface area contributed by atoms with Crippen molar-refractivity contribution in [3.05, 3.63) is 40.8 Å². The normalized spacial score (nSPS) is 11.9. The molecular weight excluding hydrogens is 332 g/mol. The van der Waals surface area contributed by atoms with E-state index in [1.807, 2.05) is 0 Å². The number of aliphatic imine (C=N–C) groups is 1. The minimum Gasteiger partial charge on any atom is -0.358 e. The number of rotatable bonds is 5. The molecule has 0 bridgehead atoms. The number of aromatic nitrogens is 3. The molecule has 3 rings (SSSR count). The largest absolute Gasteiger partial charge is 0.358 e. The highest BCUT2D eigenvalue weighted by molar-refractivity contribution is 6.06. The van der Waals surface area contributed by atoms with E-state index in [-0.39, 0.29) is 29.2 Å². The molecule has 0 radical (unpaired) electrons. The van der Waals surface area contributed by atoms with Gasteiger partial charge in [0.05, 0.1) is 16.6 Å². The maximum Gasteiger partial charge on any atom is 0.303 e. The maximum atomic E-state index is 11.7. The standard InChI is InChI=1S/C18H20N6O2/c1-11(2)23(12(3)4)10-21-18-20-9-14-7-13-8-19-6-5-15(13)17(24(25)26)16(14)22-18/h5-12H,1-4H3. The summed E-state index contributed by atoms with van der Waals surface area (Å²) in [5.41, 5.74) is 0.222. The second kappa shape index (κ2) is 6.99. The van der Waals surface area contributed by atoms with Crippen LogP contribution in [0.25, 0.3) is 21.7 Å². The minimum atomic E-state index is -0.417. The van der Waals surface area contributed by atoms with Crippen LogP contribution < -0.4 is 0 Å². The molecular formula is C18H20N6O2. The van der Waals surface area contributed by atoms with Gasteiger partial charge in [0, 0.05) is 41.4 Å². The number of fused-ring (bicyclic) bond motifs is 2. The molecule has 0 unspecified atom stereocenters. The molecule has 3 aromatic rings. The fourth-order valence-electron chi connectivity index (χ4n) is 2.94. The fraction of sp³-hybridized carbons (Fsp3) is 0.333. The molecule has 26 heavy (non-hydrogen) atoms. The van der Waals surface area contributed by atoms with Gasteiger partial charge in [-0.05, 0) is 39.8 Å². The van der Waals surface area contributed by atoms with Crippen LogP contribution in [0.2, 0.25) is 0 Å². The topological polar surface area (TPSA) is 97.4 Å². The molecule has 2 heterocycles. The van der Waals surface area contributed by atoms with E-state index in [0.29, 0.717) is 16.2 Å². The summed E-state index contributed by atoms with van der Waals surface area (Å²) in [4.78, 5) is 30.2. The number of hydrogen-bond donors (Lipinski definition) is 0. The smallest absolute Gasteiger partial charge is 0.303 e. The molecule has 0 saturated carbocycles. The van der Waals surface area contributed by atoms with Gasteiger partial charge >= 0.3 is 5.69 Å². The zero-order valence-corrected chi connectivity index (χ0v) is 15.1. The van der Waals surface area contributed by atoms with Crippen LogP contribution in [-0.2, 0) is 0 Å². The summed E-state index contributed by atoms with van der Waals surface area (Å²) in [6.45, 7) is 8.27. The van der Waals surface area contributed by atoms with Crippen LogP contribution >= 0.6 is 0 Å². The molecule has 0 atom stereocenters. The first-order valence-electron chi connectivity index (χ1n) is 8.38. The predicted molar refractivity (Wildman–Crippen MR) is 102 cm³/mol. The lowest BCUT2D eigenvalue weighted by atomic mass is 10.1. The Hall–Kier alpha value is -3.16. The van der Waals surface area contributed by atoms with Crippen molar-refractivity contribution in [3.63, 3.8) is 0 Å². The van der Waals surface area contributed by atoms with Crippen molar-refractivity contribution >= 4 is 39.6 Å². The van der Waals surface area contributed by atoms with Gasteiger partial charge in [-0.25, -0.2) is 15.0 Å². The SMILES string of the molecule is CC(C)N(C=Nc1ncc2cc3cnccc3c([N+](=O)[O-])c2n1)C(C)C. The number of non-ortho nitro benzene ring substituents is 1. The lowest BCUT2D eigenvalue weighted by Crippen LogP contribution is -2.35. The van der Waals surface area contributed by atoms with Crippen molar-refractivity contribution in [2.75, 3.05) is 0 Å². The molecule has 0 N–H and O–H groups in total. The van der Waals surface area contributed by atoms with Crippen molar-refractivity contribution in [2.45, 2.75) is 39.8 Å². The molecule has 134 valence electrons. The van der Waals surface area contributed by atoms with Gasteiger partial charge < -0.3 is 4.90 Å². The van der Waals surface area contributed by atoms with Crippen molar-refractivity contribution in [2.24, 2.45) is 4.99 Å². The third kappa shape index (κ3) is 3.30. The second-order valence-corrected chi connectivity index (χ2v) is 6.57. The van der Waals surface area contributed by atoms with E-state index in [0.717, 1.165) is 0 Å². The molecule has 8 heteroatoms. The number of nitrogens with zero attached hydrogens (tertiary/aromatic N) is 6. The summed E-state index contributed by atoms with van der Waals surface area (Å²) in [7, 11) is 0. The lowest BCUT2D eigenvalue weighted by molar-refractivity contribution is -0.381. The highest BCUT2D eigenvalue weighted by Crippen LogP contribution is 2.33. The molecule has 0 fully saturated rings. The highest BCUT2D eigenvalue weighted by atomic mass is 16.6. The number of nitro benzene ring substituents is 1. The van der Waals surface area contributed by atoms with Crippen LogP contribution in [0.4, 0.5) is 11.6 Å². The van der Waals surface area contributed by atoms with E-state index in [9.17, 15) is 10.1 Å². The Bertz CT molecular complexity index is 992. The summed E-state index contributed by atoms with van der Waals surface area (Å²) in [5, 5.41) is 13.4. The molecule has 0 aliphatic carbocycles. The van der Waals surface area contributed by atoms with Gasteiger partial charge in [-0.3, -0.25) is 15.1 Å². The van der Waals surface area contributed by atoms with Crippen LogP contribution in [0, 0.1) is 10.1 Å². The predicted octanol–water partition coefficient (Wildman–Crippen LogP) is 3.86. The molecule has 0 aliphatic rings. The van der Waals surface area contributed by atoms with Crippen molar-refractivity contribution < 1.29 is 4.92 Å². The Morgan fingerprint density at radius 2 is 1.92 bits per heavy atom. The van der Waals surface area contributed by atoms with Gasteiger partial charge in [0.25, 0.3) is 5.95 Å². The van der Waals surface area contributed by atoms with Gasteiger partial charge in [0.15, 0.2) is 5.52 Å². The zero-order valence-electron chi connectivity index (χ0n) is 15.1. The van der Waals surface area contributed by atoms with Crippen LogP contribution in [-0.4, -0.2) is 43.2 Å². The third-order valence-corrected chi connectivity index (χ3v) is 4.13. The summed E-state index contributed by atoms with van der Waals surface area (Å²) < 4.78 is 0. The summed E-state index contributed by atoms with van der Waals surface area (Å²) in [6, 6.07) is 3.96. The van der Waals surface area contributed by atoms with Crippen molar-refractivity contribution in [3.8, 4) is 0 Å². The van der Waals surface area contributed by atoms with Gasteiger partial charge in [-0.1, -0.05) is 0 Å². The second-order valence-electron chi connectivity index (χ2n) is 6.57. The third-order valence-electron chi connectivity index (χ3n) is 4.13. The van der Waals surface area contributed by atoms with E-state index in [2.05, 4.69) is 52.5 Å². The summed E-state index contributed by atoms with van der Waals surface area (Å²) >= 11 is 0. The van der Waals surface area contributed by atoms with Crippen LogP contribution in [0.5, 0.6) is 0 Å². The Labute approximate surface area is 150 Å². The van der Waals surface area contributed by atoms with Crippen molar-refractivity contribution in [1.29, 1.82) is 0 Å². The van der Waals surface area contributed by atoms with Gasteiger partial charge in [-0.15, -0.1) is 0 Å². The molecule has 0 aliphatic heterocycles. The average Bonchev–Trinajstić information content (AvgIpc) is 2.58. The first-order valence-corrected chi connectivity index (χ1v) is 8.38. The number of hydrogen-bond acceptors (Lipinski definition) is 6. The average molecular weight is 352 g/mol. The minimum absolute atomic E-state index is 0.0525. The van der Waals surface area contributed by atoms with Crippen LogP contribution in [0.15, 0.2) is 35.7 Å². The van der Waals surface area contributed by atoms with Gasteiger partial charge in [-0.2, -0.15) is 0 Å². The Morgan fingerprint density at radius 3 is 2.58 bits per heavy atom. The van der Waals surface area contributed by atoms with E-state index < -0.39 is 4.92 Å². The first-order chi connectivity index (χ1) is 12.4. The quantitative estimate of drug-likeness (QED) is 0.227. The van der Waals surface area contributed by atoms with Gasteiger partial charge in [0.1, 0.15) is 0 Å². The Balaban J connectivity index is 2.15. The maximum absolute atomic E-state index is 11.7. The molecule has 0 amide bonds. The number of pyridine rings is 1. The first kappa shape index (κ1) is 17.7. The van der Waals surface area contributed by atoms with E-state index in [1.165, 1.54) is 6.20 Å². The van der Waals surface area contributed by atoms with Crippen LogP contribution in [0.1, 0.15) is 27.7 Å². The number of benzene rings is 1. The molecule has 2 aromatic heterocycles. The highest BCUT2D eigenvalue weighted by Gasteiger charge is 2.20. The Kier molecular flexibility index (Phi) is 4.75. The molecule has 1 aromatic carbocycles. The van der Waals surface area contributed by atoms with Crippen molar-refractivity contribution in [1.82, 2.24) is 19.9 Å². The fourth-order valence-corrected chi connectivity index (χ4v) is 2.94. The van der Waals surface area contributed by atoms with E-state index in [1.54, 1.807) is 30.9 Å². The monoisotopic (exact) mass is 352 g/mol. The van der Waals surface area contributed by atoms with Crippen LogP contribution in [0.3, 0.4) is 0 Å². The molecule has 0 saturated heterocycles. The molecule has 8 nitrogen and oxygen atoms in total. The summed E-state index contributed by atoms with van der Waals surface area (Å²) in [6.07, 6.45) is 6.37. The zero-order chi connectivity index (χ0) is 18.8. The van der Waals surface area contributed by atoms with E-state index in [4.69, 9.17) is 0 Å². The Morgan fingerprint density at radius 1 is 1.19 bits per heavy atom. The number of nitro groups is 1. The van der Waals surface area contributed by atoms with Gasteiger partial charge in [0.2, 0.25) is 0 Å². The molecule has 0 spiro atoms. The summed E-state index contributed by atoms with van der Waals surface area (Å²) in [5.74, 6) is 0.195. The lowest BCUT2D eigenvalue weighted by Gasteiger charge is -2.27.